The minimum absolute atomic E-state index is 0.0822. The van der Waals surface area contributed by atoms with Gasteiger partial charge in [-0.2, -0.15) is 0 Å². The first-order valence-corrected chi connectivity index (χ1v) is 8.67. The van der Waals surface area contributed by atoms with E-state index in [4.69, 9.17) is 9.15 Å². The SMILES string of the molecule is O=C(NCC1(c2ccccc2)CCOCC1)c1cc2ccccc2o1. The van der Waals surface area contributed by atoms with Crippen molar-refractivity contribution in [1.82, 2.24) is 5.32 Å². The molecule has 0 spiro atoms. The summed E-state index contributed by atoms with van der Waals surface area (Å²) in [4.78, 5) is 12.6. The molecule has 0 bridgehead atoms. The highest BCUT2D eigenvalue weighted by Crippen LogP contribution is 2.34. The largest absolute Gasteiger partial charge is 0.451 e. The summed E-state index contributed by atoms with van der Waals surface area (Å²) in [6.45, 7) is 2.01. The number of fused-ring (bicyclic) bond motifs is 1. The number of para-hydroxylation sites is 1. The van der Waals surface area contributed by atoms with E-state index in [0.29, 0.717) is 12.3 Å². The molecule has 1 aliphatic heterocycles. The summed E-state index contributed by atoms with van der Waals surface area (Å²) in [5.41, 5.74) is 1.90. The maximum atomic E-state index is 12.6. The molecule has 4 nitrogen and oxygen atoms in total. The molecule has 1 aromatic heterocycles. The van der Waals surface area contributed by atoms with Crippen LogP contribution in [0.4, 0.5) is 0 Å². The molecule has 1 aliphatic rings. The lowest BCUT2D eigenvalue weighted by Crippen LogP contribution is -2.44. The Morgan fingerprint density at radius 3 is 2.48 bits per heavy atom. The van der Waals surface area contributed by atoms with Crippen molar-refractivity contribution >= 4 is 16.9 Å². The van der Waals surface area contributed by atoms with E-state index < -0.39 is 0 Å². The van der Waals surface area contributed by atoms with Gasteiger partial charge in [-0.05, 0) is 30.5 Å². The molecule has 2 aromatic carbocycles. The number of rotatable bonds is 4. The van der Waals surface area contributed by atoms with Crippen LogP contribution in [0.2, 0.25) is 0 Å². The quantitative estimate of drug-likeness (QED) is 0.786. The minimum Gasteiger partial charge on any atom is -0.451 e. The molecule has 4 heteroatoms. The van der Waals surface area contributed by atoms with Crippen molar-refractivity contribution in [2.45, 2.75) is 18.3 Å². The van der Waals surface area contributed by atoms with E-state index in [1.807, 2.05) is 42.5 Å². The standard InChI is InChI=1S/C21H21NO3/c23-20(19-14-16-6-4-5-9-18(16)25-19)22-15-21(10-12-24-13-11-21)17-7-2-1-3-8-17/h1-9,14H,10-13,15H2,(H,22,23). The van der Waals surface area contributed by atoms with Crippen LogP contribution in [0.25, 0.3) is 11.0 Å². The van der Waals surface area contributed by atoms with Crippen LogP contribution in [-0.4, -0.2) is 25.7 Å². The Bertz CT molecular complexity index is 830. The van der Waals surface area contributed by atoms with Crippen molar-refractivity contribution in [3.63, 3.8) is 0 Å². The van der Waals surface area contributed by atoms with Gasteiger partial charge < -0.3 is 14.5 Å². The van der Waals surface area contributed by atoms with Gasteiger partial charge in [0, 0.05) is 30.6 Å². The third kappa shape index (κ3) is 3.17. The summed E-state index contributed by atoms with van der Waals surface area (Å²) >= 11 is 0. The van der Waals surface area contributed by atoms with Crippen molar-refractivity contribution in [2.24, 2.45) is 0 Å². The van der Waals surface area contributed by atoms with Crippen LogP contribution in [-0.2, 0) is 10.2 Å². The van der Waals surface area contributed by atoms with E-state index >= 15 is 0 Å². The zero-order valence-electron chi connectivity index (χ0n) is 14.0. The van der Waals surface area contributed by atoms with Crippen molar-refractivity contribution in [3.8, 4) is 0 Å². The van der Waals surface area contributed by atoms with Gasteiger partial charge in [-0.25, -0.2) is 0 Å². The van der Waals surface area contributed by atoms with Gasteiger partial charge in [0.25, 0.3) is 5.91 Å². The number of hydrogen-bond acceptors (Lipinski definition) is 3. The average Bonchev–Trinajstić information content (AvgIpc) is 3.12. The van der Waals surface area contributed by atoms with Crippen molar-refractivity contribution in [2.75, 3.05) is 19.8 Å². The van der Waals surface area contributed by atoms with Gasteiger partial charge in [-0.1, -0.05) is 48.5 Å². The second kappa shape index (κ2) is 6.73. The molecule has 0 radical (unpaired) electrons. The normalized spacial score (nSPS) is 16.6. The fraction of sp³-hybridized carbons (Fsp3) is 0.286. The maximum absolute atomic E-state index is 12.6. The minimum atomic E-state index is -0.169. The van der Waals surface area contributed by atoms with Gasteiger partial charge in [0.1, 0.15) is 5.58 Å². The van der Waals surface area contributed by atoms with Gasteiger partial charge >= 0.3 is 0 Å². The van der Waals surface area contributed by atoms with Gasteiger partial charge in [0.2, 0.25) is 0 Å². The summed E-state index contributed by atoms with van der Waals surface area (Å²) in [7, 11) is 0. The molecule has 0 aliphatic carbocycles. The number of hydrogen-bond donors (Lipinski definition) is 1. The van der Waals surface area contributed by atoms with E-state index in [9.17, 15) is 4.79 Å². The summed E-state index contributed by atoms with van der Waals surface area (Å²) in [5, 5.41) is 4.02. The topological polar surface area (TPSA) is 51.5 Å². The van der Waals surface area contributed by atoms with E-state index in [-0.39, 0.29) is 11.3 Å². The lowest BCUT2D eigenvalue weighted by atomic mass is 9.74. The maximum Gasteiger partial charge on any atom is 0.287 e. The second-order valence-electron chi connectivity index (χ2n) is 6.59. The number of benzene rings is 2. The molecule has 25 heavy (non-hydrogen) atoms. The Labute approximate surface area is 146 Å². The molecule has 1 fully saturated rings. The van der Waals surface area contributed by atoms with Crippen LogP contribution in [0.5, 0.6) is 0 Å². The fourth-order valence-electron chi connectivity index (χ4n) is 3.55. The number of amides is 1. The predicted octanol–water partition coefficient (Wildman–Crippen LogP) is 3.91. The first-order chi connectivity index (χ1) is 12.3. The lowest BCUT2D eigenvalue weighted by Gasteiger charge is -2.37. The molecule has 128 valence electrons. The Hall–Kier alpha value is -2.59. The summed E-state index contributed by atoms with van der Waals surface area (Å²) in [5.74, 6) is 0.189. The number of carbonyl (C=O) groups is 1. The molecule has 3 aromatic rings. The second-order valence-corrected chi connectivity index (χ2v) is 6.59. The highest BCUT2D eigenvalue weighted by Gasteiger charge is 2.35. The number of nitrogens with one attached hydrogen (secondary N) is 1. The van der Waals surface area contributed by atoms with Gasteiger partial charge in [0.15, 0.2) is 5.76 Å². The van der Waals surface area contributed by atoms with Gasteiger partial charge in [-0.3, -0.25) is 4.79 Å². The average molecular weight is 335 g/mol. The number of furan rings is 1. The Morgan fingerprint density at radius 1 is 1.00 bits per heavy atom. The van der Waals surface area contributed by atoms with E-state index in [1.54, 1.807) is 6.07 Å². The van der Waals surface area contributed by atoms with Crippen LogP contribution in [0.1, 0.15) is 29.0 Å². The first kappa shape index (κ1) is 15.9. The highest BCUT2D eigenvalue weighted by atomic mass is 16.5. The molecule has 1 amide bonds. The third-order valence-corrected chi connectivity index (χ3v) is 5.07. The van der Waals surface area contributed by atoms with E-state index in [2.05, 4.69) is 17.4 Å². The molecule has 4 rings (SSSR count). The fourth-order valence-corrected chi connectivity index (χ4v) is 3.55. The number of carbonyl (C=O) groups excluding carboxylic acids is 1. The molecule has 0 unspecified atom stereocenters. The van der Waals surface area contributed by atoms with Crippen molar-refractivity contribution in [1.29, 1.82) is 0 Å². The molecular weight excluding hydrogens is 314 g/mol. The number of ether oxygens (including phenoxy) is 1. The summed E-state index contributed by atoms with van der Waals surface area (Å²) in [6, 6.07) is 19.8. The van der Waals surface area contributed by atoms with Gasteiger partial charge in [0.05, 0.1) is 0 Å². The predicted molar refractivity (Wildman–Crippen MR) is 96.7 cm³/mol. The van der Waals surface area contributed by atoms with Crippen LogP contribution in [0.3, 0.4) is 0 Å². The van der Waals surface area contributed by atoms with Gasteiger partial charge in [-0.15, -0.1) is 0 Å². The molecule has 0 atom stereocenters. The smallest absolute Gasteiger partial charge is 0.287 e. The lowest BCUT2D eigenvalue weighted by molar-refractivity contribution is 0.0485. The molecular formula is C21H21NO3. The van der Waals surface area contributed by atoms with Crippen LogP contribution in [0.15, 0.2) is 65.1 Å². The molecule has 1 saturated heterocycles. The summed E-state index contributed by atoms with van der Waals surface area (Å²) < 4.78 is 11.2. The van der Waals surface area contributed by atoms with Crippen molar-refractivity contribution in [3.05, 3.63) is 72.0 Å². The van der Waals surface area contributed by atoms with Crippen LogP contribution >= 0.6 is 0 Å². The Balaban J connectivity index is 1.53. The van der Waals surface area contributed by atoms with Crippen LogP contribution < -0.4 is 5.32 Å². The monoisotopic (exact) mass is 335 g/mol. The first-order valence-electron chi connectivity index (χ1n) is 8.67. The molecule has 0 saturated carbocycles. The highest BCUT2D eigenvalue weighted by molar-refractivity contribution is 5.96. The van der Waals surface area contributed by atoms with E-state index in [1.165, 1.54) is 5.56 Å². The van der Waals surface area contributed by atoms with E-state index in [0.717, 1.165) is 37.0 Å². The molecule has 2 heterocycles. The summed E-state index contributed by atoms with van der Waals surface area (Å²) in [6.07, 6.45) is 1.80. The zero-order valence-corrected chi connectivity index (χ0v) is 14.0. The Kier molecular flexibility index (Phi) is 4.28. The molecule has 1 N–H and O–H groups in total. The zero-order chi connectivity index (χ0) is 17.1. The van der Waals surface area contributed by atoms with Crippen LogP contribution in [0, 0.1) is 0 Å². The third-order valence-electron chi connectivity index (χ3n) is 5.07. The Morgan fingerprint density at radius 2 is 1.72 bits per heavy atom. The van der Waals surface area contributed by atoms with Crippen molar-refractivity contribution < 1.29 is 13.9 Å².